The Hall–Kier alpha value is -1.35. The van der Waals surface area contributed by atoms with Gasteiger partial charge in [-0.05, 0) is 30.9 Å². The number of hydrogen-bond acceptors (Lipinski definition) is 3. The quantitative estimate of drug-likeness (QED) is 0.829. The average Bonchev–Trinajstić information content (AvgIpc) is 2.76. The van der Waals surface area contributed by atoms with Crippen molar-refractivity contribution in [1.29, 1.82) is 0 Å². The monoisotopic (exact) mass is 246 g/mol. The van der Waals surface area contributed by atoms with Crippen molar-refractivity contribution in [2.45, 2.75) is 26.7 Å². The molecule has 0 bridgehead atoms. The van der Waals surface area contributed by atoms with Crippen LogP contribution in [0.25, 0.3) is 11.3 Å². The van der Waals surface area contributed by atoms with Crippen molar-refractivity contribution in [3.63, 3.8) is 0 Å². The third kappa shape index (κ3) is 3.30. The maximum absolute atomic E-state index is 5.67. The van der Waals surface area contributed by atoms with Crippen molar-refractivity contribution >= 4 is 17.0 Å². The van der Waals surface area contributed by atoms with Crippen LogP contribution in [-0.4, -0.2) is 4.98 Å². The van der Waals surface area contributed by atoms with Gasteiger partial charge in [-0.3, -0.25) is 0 Å². The minimum Gasteiger partial charge on any atom is -0.399 e. The highest BCUT2D eigenvalue weighted by molar-refractivity contribution is 7.09. The number of nitrogens with zero attached hydrogens (tertiary/aromatic N) is 1. The molecule has 0 atom stereocenters. The van der Waals surface area contributed by atoms with Gasteiger partial charge in [0, 0.05) is 16.6 Å². The summed E-state index contributed by atoms with van der Waals surface area (Å²) in [6.45, 7) is 4.49. The highest BCUT2D eigenvalue weighted by Gasteiger charge is 2.05. The maximum atomic E-state index is 5.67. The molecule has 0 fully saturated rings. The molecule has 0 aliphatic rings. The Morgan fingerprint density at radius 1 is 1.24 bits per heavy atom. The van der Waals surface area contributed by atoms with E-state index in [4.69, 9.17) is 5.73 Å². The smallest absolute Gasteiger partial charge is 0.0932 e. The van der Waals surface area contributed by atoms with Gasteiger partial charge in [-0.1, -0.05) is 26.0 Å². The van der Waals surface area contributed by atoms with E-state index in [2.05, 4.69) is 24.2 Å². The molecule has 0 aliphatic heterocycles. The summed E-state index contributed by atoms with van der Waals surface area (Å²) >= 11 is 1.75. The minimum atomic E-state index is 0.735. The number of rotatable bonds is 4. The van der Waals surface area contributed by atoms with Gasteiger partial charge in [-0.2, -0.15) is 0 Å². The second-order valence-electron chi connectivity index (χ2n) is 4.68. The largest absolute Gasteiger partial charge is 0.399 e. The van der Waals surface area contributed by atoms with Crippen LogP contribution in [-0.2, 0) is 6.42 Å². The molecule has 2 nitrogen and oxygen atoms in total. The van der Waals surface area contributed by atoms with Crippen LogP contribution in [0.15, 0.2) is 29.6 Å². The van der Waals surface area contributed by atoms with E-state index in [1.165, 1.54) is 11.4 Å². The molecular formula is C14H18N2S. The second-order valence-corrected chi connectivity index (χ2v) is 5.62. The number of nitrogens with two attached hydrogens (primary N) is 1. The summed E-state index contributed by atoms with van der Waals surface area (Å²) in [7, 11) is 0. The van der Waals surface area contributed by atoms with Gasteiger partial charge >= 0.3 is 0 Å². The average molecular weight is 246 g/mol. The fraction of sp³-hybridized carbons (Fsp3) is 0.357. The molecule has 0 aliphatic carbocycles. The van der Waals surface area contributed by atoms with Crippen molar-refractivity contribution in [2.75, 3.05) is 5.73 Å². The molecule has 3 heteroatoms. The zero-order valence-corrected chi connectivity index (χ0v) is 11.1. The van der Waals surface area contributed by atoms with Gasteiger partial charge in [-0.25, -0.2) is 4.98 Å². The number of aryl methyl sites for hydroxylation is 1. The molecule has 1 heterocycles. The number of anilines is 1. The first-order valence-corrected chi connectivity index (χ1v) is 6.83. The highest BCUT2D eigenvalue weighted by Crippen LogP contribution is 2.24. The maximum Gasteiger partial charge on any atom is 0.0932 e. The van der Waals surface area contributed by atoms with E-state index in [0.717, 1.165) is 29.3 Å². The molecule has 0 amide bonds. The first kappa shape index (κ1) is 12.1. The van der Waals surface area contributed by atoms with Crippen molar-refractivity contribution < 1.29 is 0 Å². The minimum absolute atomic E-state index is 0.735. The van der Waals surface area contributed by atoms with E-state index in [9.17, 15) is 0 Å². The van der Waals surface area contributed by atoms with Crippen LogP contribution in [0.3, 0.4) is 0 Å². The molecule has 17 heavy (non-hydrogen) atoms. The van der Waals surface area contributed by atoms with Crippen LogP contribution in [0.2, 0.25) is 0 Å². The number of thiazole rings is 1. The molecule has 0 saturated heterocycles. The third-order valence-corrected chi connectivity index (χ3v) is 3.60. The molecule has 90 valence electrons. The lowest BCUT2D eigenvalue weighted by Crippen LogP contribution is -1.91. The Bertz CT molecular complexity index is 471. The standard InChI is InChI=1S/C14H18N2S/c1-10(2)3-8-14-16-13(9-17-14)11-4-6-12(15)7-5-11/h4-7,9-10H,3,8,15H2,1-2H3. The predicted octanol–water partition coefficient (Wildman–Crippen LogP) is 3.98. The van der Waals surface area contributed by atoms with Crippen LogP contribution >= 0.6 is 11.3 Å². The Labute approximate surface area is 107 Å². The fourth-order valence-electron chi connectivity index (χ4n) is 1.62. The first-order chi connectivity index (χ1) is 8.15. The molecular weight excluding hydrogens is 228 g/mol. The van der Waals surface area contributed by atoms with Crippen LogP contribution in [0.5, 0.6) is 0 Å². The summed E-state index contributed by atoms with van der Waals surface area (Å²) < 4.78 is 0. The van der Waals surface area contributed by atoms with E-state index in [0.29, 0.717) is 0 Å². The lowest BCUT2D eigenvalue weighted by molar-refractivity contribution is 0.585. The van der Waals surface area contributed by atoms with E-state index in [1.54, 1.807) is 11.3 Å². The zero-order valence-electron chi connectivity index (χ0n) is 10.3. The Morgan fingerprint density at radius 3 is 2.59 bits per heavy atom. The number of nitrogen functional groups attached to an aromatic ring is 1. The molecule has 2 aromatic rings. The highest BCUT2D eigenvalue weighted by atomic mass is 32.1. The Morgan fingerprint density at radius 2 is 1.94 bits per heavy atom. The van der Waals surface area contributed by atoms with Gasteiger partial charge in [0.05, 0.1) is 10.7 Å². The van der Waals surface area contributed by atoms with Gasteiger partial charge in [-0.15, -0.1) is 11.3 Å². The molecule has 1 aromatic carbocycles. The van der Waals surface area contributed by atoms with Crippen LogP contribution in [0.4, 0.5) is 5.69 Å². The third-order valence-electron chi connectivity index (χ3n) is 2.69. The van der Waals surface area contributed by atoms with Gasteiger partial charge in [0.2, 0.25) is 0 Å². The number of benzene rings is 1. The predicted molar refractivity (Wildman–Crippen MR) is 75.1 cm³/mol. The van der Waals surface area contributed by atoms with E-state index >= 15 is 0 Å². The van der Waals surface area contributed by atoms with Gasteiger partial charge < -0.3 is 5.73 Å². The summed E-state index contributed by atoms with van der Waals surface area (Å²) in [5.74, 6) is 0.735. The fourth-order valence-corrected chi connectivity index (χ4v) is 2.45. The number of hydrogen-bond donors (Lipinski definition) is 1. The van der Waals surface area contributed by atoms with E-state index in [-0.39, 0.29) is 0 Å². The lowest BCUT2D eigenvalue weighted by Gasteiger charge is -2.00. The Balaban J connectivity index is 2.10. The SMILES string of the molecule is CC(C)CCc1nc(-c2ccc(N)cc2)cs1. The van der Waals surface area contributed by atoms with Crippen molar-refractivity contribution in [2.24, 2.45) is 5.92 Å². The van der Waals surface area contributed by atoms with Crippen molar-refractivity contribution in [3.05, 3.63) is 34.7 Å². The normalized spacial score (nSPS) is 11.0. The molecule has 2 rings (SSSR count). The van der Waals surface area contributed by atoms with Gasteiger partial charge in [0.15, 0.2) is 0 Å². The summed E-state index contributed by atoms with van der Waals surface area (Å²) in [5.41, 5.74) is 8.68. The summed E-state index contributed by atoms with van der Waals surface area (Å²) in [6, 6.07) is 7.89. The van der Waals surface area contributed by atoms with Crippen molar-refractivity contribution in [1.82, 2.24) is 4.98 Å². The summed E-state index contributed by atoms with van der Waals surface area (Å²) in [5, 5.41) is 3.35. The zero-order chi connectivity index (χ0) is 12.3. The molecule has 0 spiro atoms. The molecule has 0 radical (unpaired) electrons. The van der Waals surface area contributed by atoms with Crippen molar-refractivity contribution in [3.8, 4) is 11.3 Å². The summed E-state index contributed by atoms with van der Waals surface area (Å²) in [6.07, 6.45) is 2.28. The molecule has 0 unspecified atom stereocenters. The lowest BCUT2D eigenvalue weighted by atomic mass is 10.1. The van der Waals surface area contributed by atoms with Crippen LogP contribution in [0, 0.1) is 5.92 Å². The topological polar surface area (TPSA) is 38.9 Å². The second kappa shape index (κ2) is 5.32. The summed E-state index contributed by atoms with van der Waals surface area (Å²) in [4.78, 5) is 4.66. The Kier molecular flexibility index (Phi) is 3.79. The van der Waals surface area contributed by atoms with E-state index < -0.39 is 0 Å². The van der Waals surface area contributed by atoms with Crippen LogP contribution in [0.1, 0.15) is 25.3 Å². The first-order valence-electron chi connectivity index (χ1n) is 5.95. The van der Waals surface area contributed by atoms with Gasteiger partial charge in [0.25, 0.3) is 0 Å². The van der Waals surface area contributed by atoms with Crippen LogP contribution < -0.4 is 5.73 Å². The number of aromatic nitrogens is 1. The van der Waals surface area contributed by atoms with Gasteiger partial charge in [0.1, 0.15) is 0 Å². The van der Waals surface area contributed by atoms with E-state index in [1.807, 2.05) is 24.3 Å². The molecule has 0 saturated carbocycles. The molecule has 1 aromatic heterocycles. The molecule has 2 N–H and O–H groups in total.